The summed E-state index contributed by atoms with van der Waals surface area (Å²) in [5.74, 6) is 0.645. The van der Waals surface area contributed by atoms with Crippen molar-refractivity contribution in [2.45, 2.75) is 25.4 Å². The van der Waals surface area contributed by atoms with Gasteiger partial charge in [0.2, 0.25) is 0 Å². The van der Waals surface area contributed by atoms with E-state index in [4.69, 9.17) is 0 Å². The van der Waals surface area contributed by atoms with Gasteiger partial charge in [-0.05, 0) is 43.2 Å². The molecule has 1 unspecified atom stereocenters. The third kappa shape index (κ3) is 3.36. The van der Waals surface area contributed by atoms with Gasteiger partial charge >= 0.3 is 0 Å². The Morgan fingerprint density at radius 2 is 1.87 bits per heavy atom. The average Bonchev–Trinajstić information content (AvgIpc) is 3.24. The number of aromatic nitrogens is 5. The van der Waals surface area contributed by atoms with Gasteiger partial charge < -0.3 is 4.90 Å². The van der Waals surface area contributed by atoms with E-state index in [9.17, 15) is 9.59 Å². The maximum absolute atomic E-state index is 12.5. The molecule has 8 heteroatoms. The maximum Gasteiger partial charge on any atom is 0.266 e. The van der Waals surface area contributed by atoms with Crippen LogP contribution in [0, 0.1) is 0 Å². The van der Waals surface area contributed by atoms with Crippen molar-refractivity contribution >= 4 is 11.5 Å². The van der Waals surface area contributed by atoms with Gasteiger partial charge in [-0.25, -0.2) is 9.67 Å². The summed E-state index contributed by atoms with van der Waals surface area (Å²) in [4.78, 5) is 35.8. The smallest absolute Gasteiger partial charge is 0.266 e. The molecule has 0 bridgehead atoms. The highest BCUT2D eigenvalue weighted by atomic mass is 16.1. The zero-order valence-electron chi connectivity index (χ0n) is 16.3. The summed E-state index contributed by atoms with van der Waals surface area (Å²) < 4.78 is 3.03. The van der Waals surface area contributed by atoms with Crippen molar-refractivity contribution in [2.75, 3.05) is 11.4 Å². The van der Waals surface area contributed by atoms with Crippen LogP contribution in [0.1, 0.15) is 12.8 Å². The van der Waals surface area contributed by atoms with Crippen LogP contribution < -0.4 is 16.0 Å². The van der Waals surface area contributed by atoms with Crippen molar-refractivity contribution in [3.8, 4) is 11.3 Å². The number of hydrogen-bond acceptors (Lipinski definition) is 6. The molecule has 0 saturated carbocycles. The fraction of sp³-hybridized carbons (Fsp3) is 0.227. The topological polar surface area (TPSA) is 85.4 Å². The largest absolute Gasteiger partial charge is 0.352 e. The molecule has 0 aliphatic carbocycles. The number of nitrogens with zero attached hydrogens (tertiary/aromatic N) is 6. The van der Waals surface area contributed by atoms with E-state index in [2.05, 4.69) is 20.0 Å². The number of pyridine rings is 2. The minimum absolute atomic E-state index is 0.0425. The standard InChI is InChI=1S/C22H20N6O2/c29-21-7-6-18(16-8-10-23-11-9-16)25-28(21)15-17-4-3-13-26(17)20-14-22(30)27-12-2-1-5-19(27)24-20/h1-2,5-12,14,17H,3-4,13,15H2. The number of rotatable bonds is 4. The van der Waals surface area contributed by atoms with E-state index in [1.807, 2.05) is 30.3 Å². The average molecular weight is 400 g/mol. The van der Waals surface area contributed by atoms with Crippen LogP contribution >= 0.6 is 0 Å². The fourth-order valence-corrected chi connectivity index (χ4v) is 3.97. The van der Waals surface area contributed by atoms with Crippen molar-refractivity contribution in [2.24, 2.45) is 0 Å². The van der Waals surface area contributed by atoms with Crippen LogP contribution in [-0.4, -0.2) is 36.7 Å². The third-order valence-electron chi connectivity index (χ3n) is 5.46. The Balaban J connectivity index is 1.47. The highest BCUT2D eigenvalue weighted by molar-refractivity contribution is 5.57. The Hall–Kier alpha value is -3.81. The van der Waals surface area contributed by atoms with Crippen LogP contribution in [-0.2, 0) is 6.54 Å². The first-order valence-corrected chi connectivity index (χ1v) is 9.93. The second-order valence-corrected chi connectivity index (χ2v) is 7.35. The van der Waals surface area contributed by atoms with Crippen LogP contribution in [0.3, 0.4) is 0 Å². The second-order valence-electron chi connectivity index (χ2n) is 7.35. The Morgan fingerprint density at radius 3 is 2.73 bits per heavy atom. The van der Waals surface area contributed by atoms with E-state index >= 15 is 0 Å². The summed E-state index contributed by atoms with van der Waals surface area (Å²) >= 11 is 0. The molecule has 1 aliphatic rings. The van der Waals surface area contributed by atoms with Gasteiger partial charge in [0, 0.05) is 42.8 Å². The molecule has 1 atom stereocenters. The summed E-state index contributed by atoms with van der Waals surface area (Å²) in [5, 5.41) is 4.57. The van der Waals surface area contributed by atoms with E-state index in [0.29, 0.717) is 18.0 Å². The number of anilines is 1. The first-order chi connectivity index (χ1) is 14.7. The van der Waals surface area contributed by atoms with Crippen LogP contribution in [0.4, 0.5) is 5.82 Å². The zero-order valence-corrected chi connectivity index (χ0v) is 16.3. The predicted molar refractivity (Wildman–Crippen MR) is 114 cm³/mol. The molecule has 0 aromatic carbocycles. The molecule has 150 valence electrons. The highest BCUT2D eigenvalue weighted by Gasteiger charge is 2.27. The van der Waals surface area contributed by atoms with Gasteiger partial charge in [0.25, 0.3) is 11.1 Å². The van der Waals surface area contributed by atoms with E-state index < -0.39 is 0 Å². The third-order valence-corrected chi connectivity index (χ3v) is 5.46. The zero-order chi connectivity index (χ0) is 20.5. The molecule has 8 nitrogen and oxygen atoms in total. The van der Waals surface area contributed by atoms with Crippen LogP contribution in [0.5, 0.6) is 0 Å². The lowest BCUT2D eigenvalue weighted by molar-refractivity contribution is 0.489. The van der Waals surface area contributed by atoms with Gasteiger partial charge in [0.15, 0.2) is 0 Å². The van der Waals surface area contributed by atoms with Crippen molar-refractivity contribution in [1.82, 2.24) is 24.1 Å². The van der Waals surface area contributed by atoms with Gasteiger partial charge in [-0.3, -0.25) is 19.0 Å². The Kier molecular flexibility index (Phi) is 4.59. The minimum atomic E-state index is -0.147. The fourth-order valence-electron chi connectivity index (χ4n) is 3.97. The van der Waals surface area contributed by atoms with Crippen molar-refractivity contribution < 1.29 is 0 Å². The van der Waals surface area contributed by atoms with Gasteiger partial charge in [-0.2, -0.15) is 5.10 Å². The van der Waals surface area contributed by atoms with Crippen LogP contribution in [0.25, 0.3) is 16.9 Å². The molecule has 0 radical (unpaired) electrons. The van der Waals surface area contributed by atoms with E-state index in [1.54, 1.807) is 36.8 Å². The number of fused-ring (bicyclic) bond motifs is 1. The molecular formula is C22H20N6O2. The van der Waals surface area contributed by atoms with Crippen LogP contribution in [0.15, 0.2) is 76.7 Å². The predicted octanol–water partition coefficient (Wildman–Crippen LogP) is 1.98. The van der Waals surface area contributed by atoms with E-state index in [1.165, 1.54) is 9.08 Å². The van der Waals surface area contributed by atoms with Gasteiger partial charge in [-0.15, -0.1) is 0 Å². The molecule has 30 heavy (non-hydrogen) atoms. The van der Waals surface area contributed by atoms with Gasteiger partial charge in [-0.1, -0.05) is 6.07 Å². The molecular weight excluding hydrogens is 380 g/mol. The lowest BCUT2D eigenvalue weighted by atomic mass is 10.2. The highest BCUT2D eigenvalue weighted by Crippen LogP contribution is 2.24. The van der Waals surface area contributed by atoms with E-state index in [0.717, 1.165) is 30.6 Å². The first-order valence-electron chi connectivity index (χ1n) is 9.93. The molecule has 0 spiro atoms. The SMILES string of the molecule is O=c1ccc(-c2ccncc2)nn1CC1CCCN1c1cc(=O)n2ccccc2n1. The molecule has 1 aliphatic heterocycles. The summed E-state index contributed by atoms with van der Waals surface area (Å²) in [6.45, 7) is 1.23. The Bertz CT molecular complexity index is 1310. The van der Waals surface area contributed by atoms with Crippen molar-refractivity contribution in [3.05, 3.63) is 87.8 Å². The van der Waals surface area contributed by atoms with E-state index in [-0.39, 0.29) is 17.2 Å². The first kappa shape index (κ1) is 18.2. The molecule has 5 rings (SSSR count). The Labute approximate surface area is 172 Å². The lowest BCUT2D eigenvalue weighted by Gasteiger charge is -2.26. The summed E-state index contributed by atoms with van der Waals surface area (Å²) in [6.07, 6.45) is 7.00. The molecule has 4 aromatic heterocycles. The molecule has 0 N–H and O–H groups in total. The van der Waals surface area contributed by atoms with Gasteiger partial charge in [0.05, 0.1) is 18.3 Å². The second kappa shape index (κ2) is 7.55. The molecule has 1 saturated heterocycles. The normalized spacial score (nSPS) is 16.3. The quantitative estimate of drug-likeness (QED) is 0.521. The summed E-state index contributed by atoms with van der Waals surface area (Å²) in [5.41, 5.74) is 1.98. The number of hydrogen-bond donors (Lipinski definition) is 0. The van der Waals surface area contributed by atoms with Crippen molar-refractivity contribution in [1.29, 1.82) is 0 Å². The molecule has 4 aromatic rings. The minimum Gasteiger partial charge on any atom is -0.352 e. The lowest BCUT2D eigenvalue weighted by Crippen LogP contribution is -2.38. The van der Waals surface area contributed by atoms with Crippen LogP contribution in [0.2, 0.25) is 0 Å². The van der Waals surface area contributed by atoms with Crippen molar-refractivity contribution in [3.63, 3.8) is 0 Å². The monoisotopic (exact) mass is 400 g/mol. The summed E-state index contributed by atoms with van der Waals surface area (Å²) in [7, 11) is 0. The molecule has 1 fully saturated rings. The summed E-state index contributed by atoms with van der Waals surface area (Å²) in [6, 6.07) is 14.1. The molecule has 0 amide bonds. The maximum atomic E-state index is 12.5. The molecule has 5 heterocycles. The Morgan fingerprint density at radius 1 is 1.00 bits per heavy atom. The van der Waals surface area contributed by atoms with Gasteiger partial charge in [0.1, 0.15) is 11.5 Å².